The first-order valence-electron chi connectivity index (χ1n) is 10.9. The Morgan fingerprint density at radius 1 is 1.15 bits per heavy atom. The number of carbonyl (C=O) groups is 4. The molecule has 1 unspecified atom stereocenters. The van der Waals surface area contributed by atoms with E-state index in [0.717, 1.165) is 5.56 Å². The molecule has 1 aliphatic rings. The molecule has 0 spiro atoms. The first kappa shape index (κ1) is 24.0. The Labute approximate surface area is 193 Å². The summed E-state index contributed by atoms with van der Waals surface area (Å²) in [5.41, 5.74) is 2.44. The van der Waals surface area contributed by atoms with Crippen molar-refractivity contribution in [2.75, 3.05) is 16.8 Å². The van der Waals surface area contributed by atoms with Gasteiger partial charge < -0.3 is 20.3 Å². The summed E-state index contributed by atoms with van der Waals surface area (Å²) in [5, 5.41) is 5.50. The second-order valence-electron chi connectivity index (χ2n) is 8.55. The third kappa shape index (κ3) is 5.77. The monoisotopic (exact) mass is 451 g/mol. The Morgan fingerprint density at radius 2 is 1.88 bits per heavy atom. The van der Waals surface area contributed by atoms with Crippen LogP contribution in [0.15, 0.2) is 48.5 Å². The molecular weight excluding hydrogens is 422 g/mol. The molecule has 0 bridgehead atoms. The van der Waals surface area contributed by atoms with Crippen LogP contribution in [0.5, 0.6) is 0 Å². The molecule has 0 aromatic heterocycles. The molecule has 0 fully saturated rings. The van der Waals surface area contributed by atoms with Crippen molar-refractivity contribution < 1.29 is 23.9 Å². The SMILES string of the molecule is Cc1cccc(C(=O)N[C@H](C(=O)OCC(=O)N2c3ccccc3NC(=O)CC2C)C(C)C)c1. The number of esters is 1. The van der Waals surface area contributed by atoms with Crippen molar-refractivity contribution >= 4 is 35.1 Å². The minimum absolute atomic E-state index is 0.121. The number of nitrogens with one attached hydrogen (secondary N) is 2. The molecule has 1 aliphatic heterocycles. The van der Waals surface area contributed by atoms with Crippen LogP contribution in [0, 0.1) is 12.8 Å². The molecule has 8 nitrogen and oxygen atoms in total. The largest absolute Gasteiger partial charge is 0.454 e. The van der Waals surface area contributed by atoms with E-state index >= 15 is 0 Å². The Hall–Kier alpha value is -3.68. The minimum Gasteiger partial charge on any atom is -0.454 e. The third-order valence-electron chi connectivity index (χ3n) is 5.45. The predicted molar refractivity (Wildman–Crippen MR) is 125 cm³/mol. The number of anilines is 2. The van der Waals surface area contributed by atoms with E-state index in [1.54, 1.807) is 63.2 Å². The number of para-hydroxylation sites is 2. The van der Waals surface area contributed by atoms with Crippen LogP contribution < -0.4 is 15.5 Å². The van der Waals surface area contributed by atoms with E-state index in [9.17, 15) is 19.2 Å². The van der Waals surface area contributed by atoms with Crippen LogP contribution in [0.3, 0.4) is 0 Å². The summed E-state index contributed by atoms with van der Waals surface area (Å²) in [4.78, 5) is 52.0. The topological polar surface area (TPSA) is 105 Å². The lowest BCUT2D eigenvalue weighted by atomic mass is 10.0. The summed E-state index contributed by atoms with van der Waals surface area (Å²) < 4.78 is 5.32. The number of fused-ring (bicyclic) bond motifs is 1. The highest BCUT2D eigenvalue weighted by Crippen LogP contribution is 2.31. The lowest BCUT2D eigenvalue weighted by molar-refractivity contribution is -0.150. The number of hydrogen-bond donors (Lipinski definition) is 2. The fourth-order valence-electron chi connectivity index (χ4n) is 3.77. The van der Waals surface area contributed by atoms with Gasteiger partial charge in [0.25, 0.3) is 11.8 Å². The average molecular weight is 452 g/mol. The second kappa shape index (κ2) is 10.3. The van der Waals surface area contributed by atoms with E-state index in [0.29, 0.717) is 16.9 Å². The number of rotatable bonds is 6. The standard InChI is InChI=1S/C25H29N3O5/c1-15(2)23(27-24(31)18-9-7-8-16(3)12-18)25(32)33-14-22(30)28-17(4)13-21(29)26-19-10-5-6-11-20(19)28/h5-12,15,17,23H,13-14H2,1-4H3,(H,26,29)(H,27,31)/t17?,23-/m0/s1. The molecular formula is C25H29N3O5. The molecule has 0 saturated carbocycles. The van der Waals surface area contributed by atoms with Gasteiger partial charge in [-0.15, -0.1) is 0 Å². The molecule has 3 amide bonds. The summed E-state index contributed by atoms with van der Waals surface area (Å²) in [5.74, 6) is -1.97. The van der Waals surface area contributed by atoms with Crippen LogP contribution in [0.4, 0.5) is 11.4 Å². The molecule has 2 aromatic rings. The molecule has 2 aromatic carbocycles. The number of carbonyl (C=O) groups excluding carboxylic acids is 4. The minimum atomic E-state index is -0.914. The smallest absolute Gasteiger partial charge is 0.329 e. The summed E-state index contributed by atoms with van der Waals surface area (Å²) in [7, 11) is 0. The summed E-state index contributed by atoms with van der Waals surface area (Å²) >= 11 is 0. The van der Waals surface area contributed by atoms with Crippen molar-refractivity contribution in [2.24, 2.45) is 5.92 Å². The molecule has 0 saturated heterocycles. The van der Waals surface area contributed by atoms with E-state index in [-0.39, 0.29) is 24.2 Å². The molecule has 174 valence electrons. The number of amides is 3. The Morgan fingerprint density at radius 3 is 2.58 bits per heavy atom. The van der Waals surface area contributed by atoms with Gasteiger partial charge in [0.2, 0.25) is 5.91 Å². The maximum atomic E-state index is 13.0. The van der Waals surface area contributed by atoms with Crippen molar-refractivity contribution in [3.63, 3.8) is 0 Å². The van der Waals surface area contributed by atoms with Crippen LogP contribution in [0.2, 0.25) is 0 Å². The average Bonchev–Trinajstić information content (AvgIpc) is 2.89. The van der Waals surface area contributed by atoms with E-state index in [2.05, 4.69) is 10.6 Å². The van der Waals surface area contributed by atoms with Gasteiger partial charge in [0.15, 0.2) is 6.61 Å². The van der Waals surface area contributed by atoms with Crippen LogP contribution in [0.25, 0.3) is 0 Å². The van der Waals surface area contributed by atoms with Gasteiger partial charge in [0.05, 0.1) is 11.4 Å². The van der Waals surface area contributed by atoms with Crippen molar-refractivity contribution in [2.45, 2.75) is 46.2 Å². The normalized spacial score (nSPS) is 16.3. The highest BCUT2D eigenvalue weighted by Gasteiger charge is 2.32. The van der Waals surface area contributed by atoms with E-state index in [4.69, 9.17) is 4.74 Å². The zero-order valence-corrected chi connectivity index (χ0v) is 19.3. The lowest BCUT2D eigenvalue weighted by Gasteiger charge is -2.28. The Kier molecular flexibility index (Phi) is 7.48. The van der Waals surface area contributed by atoms with Gasteiger partial charge in [-0.2, -0.15) is 0 Å². The molecule has 8 heteroatoms. The highest BCUT2D eigenvalue weighted by atomic mass is 16.5. The summed E-state index contributed by atoms with van der Waals surface area (Å²) in [6.45, 7) is 6.71. The Bertz CT molecular complexity index is 1070. The third-order valence-corrected chi connectivity index (χ3v) is 5.45. The molecule has 0 radical (unpaired) electrons. The lowest BCUT2D eigenvalue weighted by Crippen LogP contribution is -2.47. The highest BCUT2D eigenvalue weighted by molar-refractivity contribution is 6.05. The van der Waals surface area contributed by atoms with E-state index < -0.39 is 30.6 Å². The number of hydrogen-bond acceptors (Lipinski definition) is 5. The van der Waals surface area contributed by atoms with Gasteiger partial charge in [0, 0.05) is 18.0 Å². The number of ether oxygens (including phenoxy) is 1. The first-order chi connectivity index (χ1) is 15.7. The van der Waals surface area contributed by atoms with Crippen LogP contribution in [0.1, 0.15) is 43.1 Å². The molecule has 3 rings (SSSR count). The summed E-state index contributed by atoms with van der Waals surface area (Å²) in [6.07, 6.45) is 0.121. The van der Waals surface area contributed by atoms with Crippen molar-refractivity contribution in [3.8, 4) is 0 Å². The maximum absolute atomic E-state index is 13.0. The van der Waals surface area contributed by atoms with Crippen molar-refractivity contribution in [1.82, 2.24) is 5.32 Å². The van der Waals surface area contributed by atoms with Crippen LogP contribution in [-0.4, -0.2) is 42.4 Å². The molecule has 2 atom stereocenters. The van der Waals surface area contributed by atoms with Gasteiger partial charge in [-0.05, 0) is 44.0 Å². The van der Waals surface area contributed by atoms with Gasteiger partial charge >= 0.3 is 5.97 Å². The van der Waals surface area contributed by atoms with E-state index in [1.165, 1.54) is 4.90 Å². The van der Waals surface area contributed by atoms with Crippen molar-refractivity contribution in [1.29, 1.82) is 0 Å². The van der Waals surface area contributed by atoms with Gasteiger partial charge in [-0.3, -0.25) is 14.4 Å². The zero-order valence-electron chi connectivity index (χ0n) is 19.3. The molecule has 33 heavy (non-hydrogen) atoms. The van der Waals surface area contributed by atoms with E-state index in [1.807, 2.05) is 13.0 Å². The second-order valence-corrected chi connectivity index (χ2v) is 8.55. The molecule has 1 heterocycles. The fraction of sp³-hybridized carbons (Fsp3) is 0.360. The van der Waals surface area contributed by atoms with Crippen molar-refractivity contribution in [3.05, 3.63) is 59.7 Å². The Balaban J connectivity index is 1.69. The quantitative estimate of drug-likeness (QED) is 0.657. The summed E-state index contributed by atoms with van der Waals surface area (Å²) in [6, 6.07) is 12.7. The molecule has 0 aliphatic carbocycles. The predicted octanol–water partition coefficient (Wildman–Crippen LogP) is 3.06. The fourth-order valence-corrected chi connectivity index (χ4v) is 3.77. The van der Waals surface area contributed by atoms with Gasteiger partial charge in [-0.1, -0.05) is 43.7 Å². The molecule has 2 N–H and O–H groups in total. The van der Waals surface area contributed by atoms with Gasteiger partial charge in [0.1, 0.15) is 6.04 Å². The van der Waals surface area contributed by atoms with Crippen LogP contribution in [-0.2, 0) is 19.1 Å². The first-order valence-corrected chi connectivity index (χ1v) is 10.9. The number of nitrogens with zero attached hydrogens (tertiary/aromatic N) is 1. The number of aryl methyl sites for hydroxylation is 1. The zero-order chi connectivity index (χ0) is 24.1. The maximum Gasteiger partial charge on any atom is 0.329 e. The van der Waals surface area contributed by atoms with Gasteiger partial charge in [-0.25, -0.2) is 4.79 Å². The number of benzene rings is 2. The van der Waals surface area contributed by atoms with Crippen LogP contribution >= 0.6 is 0 Å².